The van der Waals surface area contributed by atoms with Gasteiger partial charge in [0.15, 0.2) is 0 Å². The number of rotatable bonds is 7. The predicted octanol–water partition coefficient (Wildman–Crippen LogP) is 5.08. The molecule has 0 amide bonds. The quantitative estimate of drug-likeness (QED) is 0.729. The Kier molecular flexibility index (Phi) is 6.50. The molecule has 0 spiro atoms. The lowest BCUT2D eigenvalue weighted by molar-refractivity contribution is 0.381. The largest absolute Gasteiger partial charge is 0.314 e. The third-order valence-corrected chi connectivity index (χ3v) is 4.74. The molecule has 1 aromatic rings. The van der Waals surface area contributed by atoms with Crippen LogP contribution in [0.4, 0.5) is 4.39 Å². The lowest BCUT2D eigenvalue weighted by Gasteiger charge is -2.22. The van der Waals surface area contributed by atoms with Crippen molar-refractivity contribution in [2.24, 2.45) is 5.92 Å². The smallest absolute Gasteiger partial charge is 0.126 e. The zero-order valence-electron chi connectivity index (χ0n) is 12.3. The van der Waals surface area contributed by atoms with Gasteiger partial charge in [-0.05, 0) is 55.5 Å². The molecule has 0 heterocycles. The summed E-state index contributed by atoms with van der Waals surface area (Å²) >= 11 is 3.44. The molecule has 20 heavy (non-hydrogen) atoms. The van der Waals surface area contributed by atoms with Gasteiger partial charge in [-0.1, -0.05) is 48.5 Å². The zero-order valence-corrected chi connectivity index (χ0v) is 13.9. The summed E-state index contributed by atoms with van der Waals surface area (Å²) in [7, 11) is 0. The van der Waals surface area contributed by atoms with Gasteiger partial charge in [0.25, 0.3) is 0 Å². The van der Waals surface area contributed by atoms with E-state index in [0.717, 1.165) is 35.3 Å². The molecular weight excluding hydrogens is 317 g/mol. The summed E-state index contributed by atoms with van der Waals surface area (Å²) in [5.74, 6) is 0.752. The van der Waals surface area contributed by atoms with Gasteiger partial charge in [-0.15, -0.1) is 0 Å². The Morgan fingerprint density at radius 3 is 2.80 bits per heavy atom. The van der Waals surface area contributed by atoms with Crippen molar-refractivity contribution in [3.8, 4) is 0 Å². The molecule has 0 saturated heterocycles. The van der Waals surface area contributed by atoms with Gasteiger partial charge in [0.2, 0.25) is 0 Å². The molecule has 2 rings (SSSR count). The van der Waals surface area contributed by atoms with E-state index in [0.29, 0.717) is 6.04 Å². The second-order valence-electron chi connectivity index (χ2n) is 5.98. The second-order valence-corrected chi connectivity index (χ2v) is 6.89. The van der Waals surface area contributed by atoms with Gasteiger partial charge < -0.3 is 5.32 Å². The maximum atomic E-state index is 13.9. The zero-order chi connectivity index (χ0) is 14.4. The Morgan fingerprint density at radius 1 is 1.35 bits per heavy atom. The van der Waals surface area contributed by atoms with Gasteiger partial charge in [-0.3, -0.25) is 0 Å². The molecule has 1 unspecified atom stereocenters. The standard InChI is InChI=1S/C17H25BrFN/c1-2-9-20-16(10-13-5-3-4-6-13)12-14-11-15(18)7-8-17(14)19/h7-8,11,13,16,20H,2-6,9-10,12H2,1H3. The molecule has 1 aliphatic carbocycles. The Labute approximate surface area is 130 Å². The van der Waals surface area contributed by atoms with Gasteiger partial charge in [0, 0.05) is 10.5 Å². The van der Waals surface area contributed by atoms with E-state index in [-0.39, 0.29) is 5.82 Å². The molecule has 112 valence electrons. The van der Waals surface area contributed by atoms with Crippen molar-refractivity contribution in [1.82, 2.24) is 5.32 Å². The van der Waals surface area contributed by atoms with E-state index in [1.54, 1.807) is 12.1 Å². The number of halogens is 2. The van der Waals surface area contributed by atoms with Gasteiger partial charge in [0.05, 0.1) is 0 Å². The molecule has 1 fully saturated rings. The number of hydrogen-bond donors (Lipinski definition) is 1. The van der Waals surface area contributed by atoms with Crippen LogP contribution in [-0.4, -0.2) is 12.6 Å². The maximum absolute atomic E-state index is 13.9. The summed E-state index contributed by atoms with van der Waals surface area (Å²) in [5, 5.41) is 3.61. The first-order valence-electron chi connectivity index (χ1n) is 7.86. The fourth-order valence-corrected chi connectivity index (χ4v) is 3.61. The molecule has 0 radical (unpaired) electrons. The maximum Gasteiger partial charge on any atom is 0.126 e. The Balaban J connectivity index is 1.99. The Bertz CT molecular complexity index is 415. The molecule has 1 aromatic carbocycles. The summed E-state index contributed by atoms with van der Waals surface area (Å²) in [6.45, 7) is 3.20. The third kappa shape index (κ3) is 4.85. The number of benzene rings is 1. The first-order chi connectivity index (χ1) is 9.69. The van der Waals surface area contributed by atoms with Crippen LogP contribution in [0, 0.1) is 11.7 Å². The number of hydrogen-bond acceptors (Lipinski definition) is 1. The molecule has 1 saturated carbocycles. The minimum atomic E-state index is -0.0806. The molecule has 1 N–H and O–H groups in total. The average molecular weight is 342 g/mol. The monoisotopic (exact) mass is 341 g/mol. The Hall–Kier alpha value is -0.410. The number of nitrogens with one attached hydrogen (secondary N) is 1. The predicted molar refractivity (Wildman–Crippen MR) is 86.5 cm³/mol. The first kappa shape index (κ1) is 16.0. The van der Waals surface area contributed by atoms with Gasteiger partial charge >= 0.3 is 0 Å². The van der Waals surface area contributed by atoms with Crippen LogP contribution in [0.25, 0.3) is 0 Å². The van der Waals surface area contributed by atoms with E-state index in [1.807, 2.05) is 6.07 Å². The third-order valence-electron chi connectivity index (χ3n) is 4.25. The minimum Gasteiger partial charge on any atom is -0.314 e. The van der Waals surface area contributed by atoms with Crippen LogP contribution >= 0.6 is 15.9 Å². The highest BCUT2D eigenvalue weighted by molar-refractivity contribution is 9.10. The fourth-order valence-electron chi connectivity index (χ4n) is 3.20. The van der Waals surface area contributed by atoms with Crippen molar-refractivity contribution < 1.29 is 4.39 Å². The molecule has 0 aliphatic heterocycles. The normalized spacial score (nSPS) is 17.6. The van der Waals surface area contributed by atoms with Crippen molar-refractivity contribution in [2.45, 2.75) is 57.9 Å². The van der Waals surface area contributed by atoms with E-state index in [9.17, 15) is 4.39 Å². The molecule has 3 heteroatoms. The van der Waals surface area contributed by atoms with Crippen molar-refractivity contribution in [2.75, 3.05) is 6.54 Å². The fraction of sp³-hybridized carbons (Fsp3) is 0.647. The van der Waals surface area contributed by atoms with Crippen LogP contribution in [0.15, 0.2) is 22.7 Å². The highest BCUT2D eigenvalue weighted by Crippen LogP contribution is 2.29. The lowest BCUT2D eigenvalue weighted by Crippen LogP contribution is -2.33. The van der Waals surface area contributed by atoms with Gasteiger partial charge in [-0.25, -0.2) is 4.39 Å². The molecule has 1 nitrogen and oxygen atoms in total. The SMILES string of the molecule is CCCNC(Cc1cc(Br)ccc1F)CC1CCCC1. The molecule has 1 atom stereocenters. The summed E-state index contributed by atoms with van der Waals surface area (Å²) in [4.78, 5) is 0. The van der Waals surface area contributed by atoms with E-state index in [4.69, 9.17) is 0 Å². The van der Waals surface area contributed by atoms with Gasteiger partial charge in [0.1, 0.15) is 5.82 Å². The van der Waals surface area contributed by atoms with Gasteiger partial charge in [-0.2, -0.15) is 0 Å². The highest BCUT2D eigenvalue weighted by atomic mass is 79.9. The summed E-state index contributed by atoms with van der Waals surface area (Å²) in [6.07, 6.45) is 8.55. The highest BCUT2D eigenvalue weighted by Gasteiger charge is 2.21. The average Bonchev–Trinajstić information content (AvgIpc) is 2.93. The first-order valence-corrected chi connectivity index (χ1v) is 8.65. The van der Waals surface area contributed by atoms with Crippen LogP contribution in [0.5, 0.6) is 0 Å². The van der Waals surface area contributed by atoms with Crippen molar-refractivity contribution in [3.63, 3.8) is 0 Å². The molecule has 0 aromatic heterocycles. The van der Waals surface area contributed by atoms with E-state index < -0.39 is 0 Å². The van der Waals surface area contributed by atoms with Crippen LogP contribution in [-0.2, 0) is 6.42 Å². The van der Waals surface area contributed by atoms with Crippen LogP contribution in [0.2, 0.25) is 0 Å². The van der Waals surface area contributed by atoms with Crippen LogP contribution in [0.3, 0.4) is 0 Å². The second kappa shape index (κ2) is 8.14. The topological polar surface area (TPSA) is 12.0 Å². The lowest BCUT2D eigenvalue weighted by atomic mass is 9.93. The molecule has 1 aliphatic rings. The summed E-state index contributed by atoms with van der Waals surface area (Å²) < 4.78 is 14.9. The summed E-state index contributed by atoms with van der Waals surface area (Å²) in [6, 6.07) is 5.66. The summed E-state index contributed by atoms with van der Waals surface area (Å²) in [5.41, 5.74) is 0.825. The van der Waals surface area contributed by atoms with Crippen LogP contribution < -0.4 is 5.32 Å². The van der Waals surface area contributed by atoms with Crippen molar-refractivity contribution in [3.05, 3.63) is 34.1 Å². The van der Waals surface area contributed by atoms with E-state index in [1.165, 1.54) is 32.1 Å². The van der Waals surface area contributed by atoms with E-state index in [2.05, 4.69) is 28.2 Å². The van der Waals surface area contributed by atoms with Crippen LogP contribution in [0.1, 0.15) is 51.0 Å². The Morgan fingerprint density at radius 2 is 2.10 bits per heavy atom. The van der Waals surface area contributed by atoms with Crippen molar-refractivity contribution >= 4 is 15.9 Å². The van der Waals surface area contributed by atoms with Crippen molar-refractivity contribution in [1.29, 1.82) is 0 Å². The molecular formula is C17H25BrFN. The molecule has 0 bridgehead atoms. The minimum absolute atomic E-state index is 0.0806. The van der Waals surface area contributed by atoms with E-state index >= 15 is 0 Å².